The van der Waals surface area contributed by atoms with Crippen LogP contribution >= 0.6 is 0 Å². The van der Waals surface area contributed by atoms with Gasteiger partial charge in [0.15, 0.2) is 6.23 Å². The van der Waals surface area contributed by atoms with E-state index in [2.05, 4.69) is 24.2 Å². The molecule has 4 heteroatoms. The molecule has 0 aliphatic rings. The quantitative estimate of drug-likeness (QED) is 0.815. The lowest BCUT2D eigenvalue weighted by molar-refractivity contribution is -0.0697. The summed E-state index contributed by atoms with van der Waals surface area (Å²) in [4.78, 5) is 0. The molecule has 2 aromatic rings. The van der Waals surface area contributed by atoms with Crippen molar-refractivity contribution in [3.05, 3.63) is 24.3 Å². The number of fused-ring (bicyclic) bond motifs is 1. The Morgan fingerprint density at radius 3 is 2.47 bits per heavy atom. The molecule has 0 fully saturated rings. The highest BCUT2D eigenvalue weighted by Gasteiger charge is 2.20. The summed E-state index contributed by atoms with van der Waals surface area (Å²) in [6.07, 6.45) is 0.104. The SMILES string of the molecule is CC(C)OC(C(C)C)n1nnc2ccccc21. The van der Waals surface area contributed by atoms with Gasteiger partial charge < -0.3 is 4.74 Å². The van der Waals surface area contributed by atoms with Crippen LogP contribution in [0.2, 0.25) is 0 Å². The number of rotatable bonds is 4. The third-order valence-electron chi connectivity index (χ3n) is 2.60. The zero-order valence-electron chi connectivity index (χ0n) is 10.8. The highest BCUT2D eigenvalue weighted by molar-refractivity contribution is 5.73. The summed E-state index contributed by atoms with van der Waals surface area (Å²) in [5, 5.41) is 8.37. The van der Waals surface area contributed by atoms with E-state index >= 15 is 0 Å². The van der Waals surface area contributed by atoms with Crippen molar-refractivity contribution in [2.75, 3.05) is 0 Å². The molecule has 4 nitrogen and oxygen atoms in total. The molecule has 0 aliphatic heterocycles. The molecule has 0 N–H and O–H groups in total. The van der Waals surface area contributed by atoms with Gasteiger partial charge in [-0.05, 0) is 26.0 Å². The minimum absolute atomic E-state index is 0.0672. The van der Waals surface area contributed by atoms with E-state index in [0.29, 0.717) is 5.92 Å². The van der Waals surface area contributed by atoms with Gasteiger partial charge in [-0.15, -0.1) is 5.10 Å². The molecule has 1 aromatic heterocycles. The Morgan fingerprint density at radius 2 is 1.82 bits per heavy atom. The van der Waals surface area contributed by atoms with Gasteiger partial charge >= 0.3 is 0 Å². The number of hydrogen-bond acceptors (Lipinski definition) is 3. The van der Waals surface area contributed by atoms with E-state index in [1.54, 1.807) is 0 Å². The Hall–Kier alpha value is -1.42. The van der Waals surface area contributed by atoms with E-state index in [4.69, 9.17) is 4.74 Å². The molecular formula is C13H19N3O. The number of para-hydroxylation sites is 1. The topological polar surface area (TPSA) is 39.9 Å². The Bertz CT molecular complexity index is 490. The first kappa shape index (κ1) is 12.0. The summed E-state index contributed by atoms with van der Waals surface area (Å²) >= 11 is 0. The Morgan fingerprint density at radius 1 is 1.12 bits per heavy atom. The van der Waals surface area contributed by atoms with Gasteiger partial charge in [0.05, 0.1) is 11.6 Å². The molecule has 0 saturated heterocycles. The standard InChI is InChI=1S/C13H19N3O/c1-9(2)13(17-10(3)4)16-12-8-6-5-7-11(12)14-15-16/h5-10,13H,1-4H3. The Labute approximate surface area is 102 Å². The fourth-order valence-corrected chi connectivity index (χ4v) is 1.85. The molecule has 1 aromatic carbocycles. The summed E-state index contributed by atoms with van der Waals surface area (Å²) in [5.41, 5.74) is 1.93. The van der Waals surface area contributed by atoms with E-state index in [0.717, 1.165) is 11.0 Å². The third kappa shape index (κ3) is 2.47. The van der Waals surface area contributed by atoms with Gasteiger partial charge in [0.1, 0.15) is 5.52 Å². The van der Waals surface area contributed by atoms with Crippen molar-refractivity contribution < 1.29 is 4.74 Å². The van der Waals surface area contributed by atoms with Crippen LogP contribution in [-0.4, -0.2) is 21.1 Å². The lowest BCUT2D eigenvalue weighted by Gasteiger charge is -2.24. The molecule has 0 spiro atoms. The van der Waals surface area contributed by atoms with Crippen LogP contribution in [0.3, 0.4) is 0 Å². The molecule has 92 valence electrons. The van der Waals surface area contributed by atoms with E-state index in [-0.39, 0.29) is 12.3 Å². The average Bonchev–Trinajstić information content (AvgIpc) is 2.69. The first-order chi connectivity index (χ1) is 8.09. The van der Waals surface area contributed by atoms with Crippen LogP contribution in [0.5, 0.6) is 0 Å². The molecule has 0 bridgehead atoms. The summed E-state index contributed by atoms with van der Waals surface area (Å²) in [7, 11) is 0. The summed E-state index contributed by atoms with van der Waals surface area (Å²) in [5.74, 6) is 0.350. The zero-order valence-corrected chi connectivity index (χ0v) is 10.8. The van der Waals surface area contributed by atoms with Crippen molar-refractivity contribution in [1.29, 1.82) is 0 Å². The van der Waals surface area contributed by atoms with Gasteiger partial charge in [-0.2, -0.15) is 0 Å². The van der Waals surface area contributed by atoms with Crippen molar-refractivity contribution in [1.82, 2.24) is 15.0 Å². The van der Waals surface area contributed by atoms with Gasteiger partial charge in [0, 0.05) is 5.92 Å². The van der Waals surface area contributed by atoms with Crippen LogP contribution in [0, 0.1) is 5.92 Å². The lowest BCUT2D eigenvalue weighted by Crippen LogP contribution is -2.23. The van der Waals surface area contributed by atoms with Gasteiger partial charge in [0.25, 0.3) is 0 Å². The van der Waals surface area contributed by atoms with Gasteiger partial charge in [-0.3, -0.25) is 0 Å². The van der Waals surface area contributed by atoms with Crippen molar-refractivity contribution >= 4 is 11.0 Å². The lowest BCUT2D eigenvalue weighted by atomic mass is 10.2. The number of hydrogen-bond donors (Lipinski definition) is 0. The molecular weight excluding hydrogens is 214 g/mol. The molecule has 0 aliphatic carbocycles. The molecule has 1 heterocycles. The zero-order chi connectivity index (χ0) is 12.4. The van der Waals surface area contributed by atoms with Crippen LogP contribution < -0.4 is 0 Å². The summed E-state index contributed by atoms with van der Waals surface area (Å²) in [6, 6.07) is 7.95. The second-order valence-electron chi connectivity index (χ2n) is 4.84. The van der Waals surface area contributed by atoms with Crippen molar-refractivity contribution in [3.63, 3.8) is 0 Å². The molecule has 1 atom stereocenters. The minimum Gasteiger partial charge on any atom is -0.353 e. The predicted molar refractivity (Wildman–Crippen MR) is 67.6 cm³/mol. The molecule has 1 unspecified atom stereocenters. The monoisotopic (exact) mass is 233 g/mol. The molecule has 17 heavy (non-hydrogen) atoms. The largest absolute Gasteiger partial charge is 0.353 e. The van der Waals surface area contributed by atoms with E-state index < -0.39 is 0 Å². The minimum atomic E-state index is -0.0672. The number of aromatic nitrogens is 3. The first-order valence-electron chi connectivity index (χ1n) is 6.05. The van der Waals surface area contributed by atoms with Crippen molar-refractivity contribution in [2.45, 2.75) is 40.0 Å². The van der Waals surface area contributed by atoms with E-state index in [1.165, 1.54) is 0 Å². The van der Waals surface area contributed by atoms with E-state index in [1.807, 2.05) is 42.8 Å². The van der Waals surface area contributed by atoms with Crippen LogP contribution in [0.4, 0.5) is 0 Å². The smallest absolute Gasteiger partial charge is 0.155 e. The normalized spacial score (nSPS) is 13.8. The fourth-order valence-electron chi connectivity index (χ4n) is 1.85. The maximum atomic E-state index is 5.92. The van der Waals surface area contributed by atoms with Crippen LogP contribution in [-0.2, 0) is 4.74 Å². The molecule has 0 amide bonds. The maximum Gasteiger partial charge on any atom is 0.155 e. The second-order valence-corrected chi connectivity index (χ2v) is 4.84. The molecule has 0 radical (unpaired) electrons. The fraction of sp³-hybridized carbons (Fsp3) is 0.538. The second kappa shape index (κ2) is 4.84. The first-order valence-corrected chi connectivity index (χ1v) is 6.05. The average molecular weight is 233 g/mol. The Balaban J connectivity index is 2.41. The Kier molecular flexibility index (Phi) is 3.43. The van der Waals surface area contributed by atoms with Crippen molar-refractivity contribution in [2.24, 2.45) is 5.92 Å². The van der Waals surface area contributed by atoms with E-state index in [9.17, 15) is 0 Å². The van der Waals surface area contributed by atoms with Gasteiger partial charge in [-0.25, -0.2) is 4.68 Å². The third-order valence-corrected chi connectivity index (χ3v) is 2.60. The van der Waals surface area contributed by atoms with Crippen LogP contribution in [0.1, 0.15) is 33.9 Å². The van der Waals surface area contributed by atoms with Gasteiger partial charge in [-0.1, -0.05) is 31.2 Å². The van der Waals surface area contributed by atoms with Crippen molar-refractivity contribution in [3.8, 4) is 0 Å². The van der Waals surface area contributed by atoms with Crippen LogP contribution in [0.15, 0.2) is 24.3 Å². The maximum absolute atomic E-state index is 5.92. The van der Waals surface area contributed by atoms with Crippen LogP contribution in [0.25, 0.3) is 11.0 Å². The number of nitrogens with zero attached hydrogens (tertiary/aromatic N) is 3. The number of ether oxygens (including phenoxy) is 1. The number of benzene rings is 1. The predicted octanol–water partition coefficient (Wildman–Crippen LogP) is 3.01. The highest BCUT2D eigenvalue weighted by atomic mass is 16.5. The summed E-state index contributed by atoms with van der Waals surface area (Å²) in [6.45, 7) is 8.33. The molecule has 2 rings (SSSR count). The highest BCUT2D eigenvalue weighted by Crippen LogP contribution is 2.24. The van der Waals surface area contributed by atoms with Gasteiger partial charge in [0.2, 0.25) is 0 Å². The molecule has 0 saturated carbocycles. The summed E-state index contributed by atoms with van der Waals surface area (Å²) < 4.78 is 7.80.